The summed E-state index contributed by atoms with van der Waals surface area (Å²) in [4.78, 5) is 0.326. The van der Waals surface area contributed by atoms with E-state index in [0.29, 0.717) is 23.8 Å². The highest BCUT2D eigenvalue weighted by molar-refractivity contribution is 7.89. The fourth-order valence-electron chi connectivity index (χ4n) is 6.73. The number of aromatic nitrogens is 1. The first-order valence-electron chi connectivity index (χ1n) is 14.1. The van der Waals surface area contributed by atoms with Crippen molar-refractivity contribution < 1.29 is 8.42 Å². The number of nitrogens with zero attached hydrogens (tertiary/aromatic N) is 1. The van der Waals surface area contributed by atoms with Crippen LogP contribution in [0.25, 0.3) is 21.8 Å². The zero-order chi connectivity index (χ0) is 27.3. The Bertz CT molecular complexity index is 1860. The Morgan fingerprint density at radius 1 is 0.900 bits per heavy atom. The third-order valence-electron chi connectivity index (χ3n) is 8.66. The maximum Gasteiger partial charge on any atom is 0.240 e. The molecule has 0 saturated heterocycles. The summed E-state index contributed by atoms with van der Waals surface area (Å²) in [6, 6.07) is 31.2. The van der Waals surface area contributed by atoms with Gasteiger partial charge in [-0.3, -0.25) is 0 Å². The van der Waals surface area contributed by atoms with E-state index < -0.39 is 10.0 Å². The molecule has 5 nitrogen and oxygen atoms in total. The summed E-state index contributed by atoms with van der Waals surface area (Å²) >= 11 is 0. The summed E-state index contributed by atoms with van der Waals surface area (Å²) < 4.78 is 31.6. The van der Waals surface area contributed by atoms with Crippen molar-refractivity contribution in [3.63, 3.8) is 0 Å². The first kappa shape index (κ1) is 25.1. The molecule has 0 spiro atoms. The van der Waals surface area contributed by atoms with Crippen molar-refractivity contribution in [3.8, 4) is 0 Å². The maximum absolute atomic E-state index is 13.2. The Kier molecular flexibility index (Phi) is 6.25. The molecule has 3 unspecified atom stereocenters. The van der Waals surface area contributed by atoms with Crippen LogP contribution in [0.2, 0.25) is 0 Å². The minimum atomic E-state index is -3.61. The lowest BCUT2D eigenvalue weighted by molar-refractivity contribution is 0.425. The first-order chi connectivity index (χ1) is 19.5. The second kappa shape index (κ2) is 9.95. The number of fused-ring (bicyclic) bond motifs is 6. The van der Waals surface area contributed by atoms with Crippen LogP contribution in [0.4, 0.5) is 5.69 Å². The lowest BCUT2D eigenvalue weighted by atomic mass is 9.77. The molecule has 5 aromatic rings. The number of anilines is 1. The zero-order valence-corrected chi connectivity index (χ0v) is 23.4. The van der Waals surface area contributed by atoms with Crippen LogP contribution in [0, 0.1) is 5.92 Å². The van der Waals surface area contributed by atoms with Gasteiger partial charge in [-0.15, -0.1) is 0 Å². The number of nitrogens with one attached hydrogen (secondary N) is 2. The topological polar surface area (TPSA) is 63.1 Å². The average molecular weight is 548 g/mol. The van der Waals surface area contributed by atoms with Crippen molar-refractivity contribution in [2.24, 2.45) is 5.92 Å². The lowest BCUT2D eigenvalue weighted by Gasteiger charge is -2.37. The molecule has 0 saturated carbocycles. The van der Waals surface area contributed by atoms with Crippen LogP contribution in [0.5, 0.6) is 0 Å². The first-order valence-corrected chi connectivity index (χ1v) is 15.6. The molecule has 40 heavy (non-hydrogen) atoms. The van der Waals surface area contributed by atoms with Crippen LogP contribution in [0.15, 0.2) is 108 Å². The van der Waals surface area contributed by atoms with Gasteiger partial charge in [-0.1, -0.05) is 66.7 Å². The van der Waals surface area contributed by atoms with Crippen molar-refractivity contribution in [1.29, 1.82) is 0 Å². The summed E-state index contributed by atoms with van der Waals surface area (Å²) in [5.41, 5.74) is 6.99. The van der Waals surface area contributed by atoms with Gasteiger partial charge in [-0.25, -0.2) is 13.1 Å². The summed E-state index contributed by atoms with van der Waals surface area (Å²) in [6.07, 6.45) is 6.13. The normalized spacial score (nSPS) is 20.0. The van der Waals surface area contributed by atoms with Gasteiger partial charge in [0.05, 0.1) is 10.9 Å². The van der Waals surface area contributed by atoms with Crippen LogP contribution in [-0.4, -0.2) is 19.5 Å². The molecule has 2 heterocycles. The van der Waals surface area contributed by atoms with Crippen molar-refractivity contribution in [2.75, 3.05) is 11.9 Å². The number of sulfonamides is 1. The van der Waals surface area contributed by atoms with Gasteiger partial charge in [-0.2, -0.15) is 0 Å². The Morgan fingerprint density at radius 3 is 2.55 bits per heavy atom. The largest absolute Gasteiger partial charge is 0.378 e. The Morgan fingerprint density at radius 2 is 1.70 bits per heavy atom. The van der Waals surface area contributed by atoms with Gasteiger partial charge in [0.1, 0.15) is 0 Å². The monoisotopic (exact) mass is 547 g/mol. The third kappa shape index (κ3) is 4.23. The summed E-state index contributed by atoms with van der Waals surface area (Å²) in [7, 11) is -3.61. The minimum absolute atomic E-state index is 0.145. The second-order valence-corrected chi connectivity index (χ2v) is 12.7. The predicted molar refractivity (Wildman–Crippen MR) is 163 cm³/mol. The van der Waals surface area contributed by atoms with Crippen molar-refractivity contribution in [2.45, 2.75) is 43.2 Å². The van der Waals surface area contributed by atoms with Crippen LogP contribution in [0.3, 0.4) is 0 Å². The van der Waals surface area contributed by atoms with Crippen molar-refractivity contribution >= 4 is 37.5 Å². The molecular weight excluding hydrogens is 514 g/mol. The van der Waals surface area contributed by atoms with Crippen LogP contribution in [0.1, 0.15) is 42.0 Å². The molecule has 0 bridgehead atoms. The van der Waals surface area contributed by atoms with E-state index in [0.717, 1.165) is 29.8 Å². The highest BCUT2D eigenvalue weighted by atomic mass is 32.2. The van der Waals surface area contributed by atoms with E-state index in [-0.39, 0.29) is 12.0 Å². The Balaban J connectivity index is 1.19. The number of aryl methyl sites for hydroxylation is 1. The number of rotatable bonds is 7. The molecule has 202 valence electrons. The predicted octanol–water partition coefficient (Wildman–Crippen LogP) is 7.16. The lowest BCUT2D eigenvalue weighted by Crippen LogP contribution is -2.30. The number of para-hydroxylation sites is 1. The highest BCUT2D eigenvalue weighted by Gasteiger charge is 2.38. The zero-order valence-electron chi connectivity index (χ0n) is 22.5. The van der Waals surface area contributed by atoms with Crippen LogP contribution in [-0.2, 0) is 23.0 Å². The van der Waals surface area contributed by atoms with E-state index in [9.17, 15) is 8.42 Å². The molecule has 2 N–H and O–H groups in total. The molecule has 1 aliphatic carbocycles. The average Bonchev–Trinajstić information content (AvgIpc) is 3.60. The molecule has 1 aromatic heterocycles. The maximum atomic E-state index is 13.2. The summed E-state index contributed by atoms with van der Waals surface area (Å²) in [5, 5.41) is 6.37. The molecule has 0 amide bonds. The van der Waals surface area contributed by atoms with Gasteiger partial charge in [0.15, 0.2) is 0 Å². The standard InChI is InChI=1S/C34H33N3O2S/c1-2-37-32-14-7-6-11-27(32)30-21-24(15-18-33(30)37)34-28-13-8-12-26(28)29-22-25(16-17-31(29)36-34)40(38,39)35-20-19-23-9-4-3-5-10-23/h3-12,14-18,21-22,26,28,34-36H,2,13,19-20H2,1H3. The SMILES string of the molecule is CCn1c2ccccc2c2cc(C3Nc4ccc(S(=O)(=O)NCCc5ccccc5)cc4C4C=CCC43)ccc21. The molecule has 6 heteroatoms. The van der Waals surface area contributed by atoms with Crippen LogP contribution >= 0.6 is 0 Å². The molecule has 1 aliphatic heterocycles. The molecule has 3 atom stereocenters. The minimum Gasteiger partial charge on any atom is -0.378 e. The molecule has 4 aromatic carbocycles. The van der Waals surface area contributed by atoms with Gasteiger partial charge in [0.25, 0.3) is 0 Å². The summed E-state index contributed by atoms with van der Waals surface area (Å²) in [5.74, 6) is 0.502. The molecule has 0 fully saturated rings. The van der Waals surface area contributed by atoms with E-state index in [1.165, 1.54) is 27.4 Å². The smallest absolute Gasteiger partial charge is 0.240 e. The fourth-order valence-corrected chi connectivity index (χ4v) is 7.80. The van der Waals surface area contributed by atoms with Gasteiger partial charge in [0, 0.05) is 46.5 Å². The number of allylic oxidation sites excluding steroid dienone is 2. The van der Waals surface area contributed by atoms with Crippen molar-refractivity contribution in [1.82, 2.24) is 9.29 Å². The molecule has 0 radical (unpaired) electrons. The number of benzene rings is 4. The highest BCUT2D eigenvalue weighted by Crippen LogP contribution is 2.50. The van der Waals surface area contributed by atoms with E-state index in [4.69, 9.17) is 0 Å². The van der Waals surface area contributed by atoms with E-state index in [2.05, 4.69) is 76.1 Å². The van der Waals surface area contributed by atoms with Crippen molar-refractivity contribution in [3.05, 3.63) is 120 Å². The van der Waals surface area contributed by atoms with E-state index in [1.807, 2.05) is 42.5 Å². The van der Waals surface area contributed by atoms with Crippen LogP contribution < -0.4 is 10.0 Å². The second-order valence-electron chi connectivity index (χ2n) is 10.9. The van der Waals surface area contributed by atoms with Gasteiger partial charge >= 0.3 is 0 Å². The van der Waals surface area contributed by atoms with Gasteiger partial charge < -0.3 is 9.88 Å². The van der Waals surface area contributed by atoms with Gasteiger partial charge in [-0.05, 0) is 78.8 Å². The van der Waals surface area contributed by atoms with Gasteiger partial charge in [0.2, 0.25) is 10.0 Å². The number of hydrogen-bond donors (Lipinski definition) is 2. The van der Waals surface area contributed by atoms with E-state index >= 15 is 0 Å². The third-order valence-corrected chi connectivity index (χ3v) is 10.1. The molecule has 2 aliphatic rings. The Hall–Kier alpha value is -3.87. The van der Waals surface area contributed by atoms with E-state index in [1.54, 1.807) is 6.07 Å². The summed E-state index contributed by atoms with van der Waals surface area (Å²) in [6.45, 7) is 3.49. The molecular formula is C34H33N3O2S. The quantitative estimate of drug-likeness (QED) is 0.213. The molecule has 7 rings (SSSR count). The number of hydrogen-bond acceptors (Lipinski definition) is 3. The Labute approximate surface area is 235 Å². The fraction of sp³-hybridized carbons (Fsp3) is 0.235.